The fourth-order valence-corrected chi connectivity index (χ4v) is 13.9. The van der Waals surface area contributed by atoms with Gasteiger partial charge in [-0.3, -0.25) is 0 Å². The maximum absolute atomic E-state index is 4.93. The van der Waals surface area contributed by atoms with Gasteiger partial charge in [-0.05, 0) is 34.8 Å². The molecule has 6 aromatic rings. The summed E-state index contributed by atoms with van der Waals surface area (Å²) in [6.45, 7) is 52.8. The Morgan fingerprint density at radius 1 is 0.471 bits per heavy atom. The number of unbranched alkanes of at least 4 members (excludes halogenated alkanes) is 2. The molecule has 0 atom stereocenters. The summed E-state index contributed by atoms with van der Waals surface area (Å²) in [5.41, 5.74) is 12.0. The number of hydrogen-bond donors (Lipinski definition) is 0. The van der Waals surface area contributed by atoms with Gasteiger partial charge in [-0.2, -0.15) is 12.1 Å². The minimum atomic E-state index is -1.43. The predicted octanol–water partition coefficient (Wildman–Crippen LogP) is 18.1. The standard InChI is InChI=1S/2C29H43Si2.C2H6Si.2ClH.Zr/c2*1-11-12-13-21-16-22-14-15-27(29(2,3)4)28(26(22)17-21)23-18-24(30(5,6)7)20-25(19-23)31(8,9)10;1-3-2;;;/h2*14-20H,11-13H2,1-10H3;1-2H3;2*1H;/q2*-1;;;;+4/p-2. The van der Waals surface area contributed by atoms with Crippen molar-refractivity contribution in [2.45, 2.75) is 196 Å². The second-order valence-electron chi connectivity index (χ2n) is 25.6. The summed E-state index contributed by atoms with van der Waals surface area (Å²) in [7, 11) is 5.24. The van der Waals surface area contributed by atoms with E-state index in [2.05, 4.69) is 232 Å². The summed E-state index contributed by atoms with van der Waals surface area (Å²) in [6.07, 6.45) is 7.40. The molecule has 0 spiro atoms. The third-order valence-corrected chi connectivity index (χ3v) is 21.1. The molecule has 0 aliphatic rings. The Labute approximate surface area is 443 Å². The summed E-state index contributed by atoms with van der Waals surface area (Å²) < 4.78 is 0. The van der Waals surface area contributed by atoms with Crippen molar-refractivity contribution in [3.63, 3.8) is 0 Å². The summed E-state index contributed by atoms with van der Waals surface area (Å²) in [5, 5.41) is 12.1. The molecule has 0 aliphatic carbocycles. The Kier molecular flexibility index (Phi) is 22.5. The van der Waals surface area contributed by atoms with Crippen LogP contribution in [0.4, 0.5) is 0 Å². The molecule has 370 valence electrons. The van der Waals surface area contributed by atoms with E-state index in [0.717, 1.165) is 9.52 Å². The van der Waals surface area contributed by atoms with E-state index in [-0.39, 0.29) is 10.8 Å². The van der Waals surface area contributed by atoms with Crippen LogP contribution in [0.2, 0.25) is 91.7 Å². The quantitative estimate of drug-likeness (QED) is 0.0846. The zero-order valence-electron chi connectivity index (χ0n) is 47.1. The Morgan fingerprint density at radius 3 is 0.956 bits per heavy atom. The fraction of sp³-hybridized carbons (Fsp3) is 0.500. The van der Waals surface area contributed by atoms with E-state index >= 15 is 0 Å². The van der Waals surface area contributed by atoms with Crippen LogP contribution in [0.15, 0.2) is 84.9 Å². The van der Waals surface area contributed by atoms with Crippen LogP contribution in [0.1, 0.15) is 103 Å². The van der Waals surface area contributed by atoms with E-state index in [0.29, 0.717) is 0 Å². The molecule has 0 aromatic heterocycles. The second kappa shape index (κ2) is 25.1. The Morgan fingerprint density at radius 2 is 0.735 bits per heavy atom. The molecule has 0 saturated heterocycles. The van der Waals surface area contributed by atoms with E-state index < -0.39 is 53.1 Å². The van der Waals surface area contributed by atoms with Crippen LogP contribution in [0.25, 0.3) is 43.8 Å². The molecule has 0 unspecified atom stereocenters. The number of aryl methyl sites for hydroxylation is 2. The average molecular weight is 1120 g/mol. The van der Waals surface area contributed by atoms with E-state index in [1.54, 1.807) is 20.7 Å². The molecule has 0 aliphatic heterocycles. The molecule has 2 radical (unpaired) electrons. The summed E-state index contributed by atoms with van der Waals surface area (Å²) in [4.78, 5) is 0. The third-order valence-electron chi connectivity index (χ3n) is 13.1. The van der Waals surface area contributed by atoms with Gasteiger partial charge in [-0.1, -0.05) is 252 Å². The molecular weight excluding hydrogens is 1020 g/mol. The van der Waals surface area contributed by atoms with E-state index in [9.17, 15) is 0 Å². The van der Waals surface area contributed by atoms with Crippen molar-refractivity contribution in [1.29, 1.82) is 0 Å². The molecule has 0 nitrogen and oxygen atoms in total. The van der Waals surface area contributed by atoms with Crippen LogP contribution in [-0.2, 0) is 44.5 Å². The van der Waals surface area contributed by atoms with E-state index in [1.807, 2.05) is 0 Å². The predicted molar refractivity (Wildman–Crippen MR) is 326 cm³/mol. The van der Waals surface area contributed by atoms with Crippen molar-refractivity contribution < 1.29 is 20.8 Å². The Bertz CT molecular complexity index is 2300. The number of hydrogen-bond acceptors (Lipinski definition) is 0. The van der Waals surface area contributed by atoms with Crippen molar-refractivity contribution in [2.75, 3.05) is 0 Å². The molecule has 0 fully saturated rings. The Balaban J connectivity index is 0.000000323. The van der Waals surface area contributed by atoms with Crippen molar-refractivity contribution >= 4 is 101 Å². The first kappa shape index (κ1) is 60.9. The van der Waals surface area contributed by atoms with Crippen LogP contribution in [-0.4, -0.2) is 41.8 Å². The van der Waals surface area contributed by atoms with Crippen LogP contribution in [0.3, 0.4) is 0 Å². The molecule has 6 rings (SSSR count). The van der Waals surface area contributed by atoms with Gasteiger partial charge in [0.25, 0.3) is 0 Å². The average Bonchev–Trinajstić information content (AvgIpc) is 3.84. The van der Waals surface area contributed by atoms with Gasteiger partial charge in [0, 0.05) is 9.52 Å². The topological polar surface area (TPSA) is 0 Å². The first-order chi connectivity index (χ1) is 31.3. The molecule has 0 N–H and O–H groups in total. The van der Waals surface area contributed by atoms with Crippen molar-refractivity contribution in [1.82, 2.24) is 0 Å². The third kappa shape index (κ3) is 16.9. The van der Waals surface area contributed by atoms with Gasteiger partial charge in [-0.25, -0.2) is 0 Å². The van der Waals surface area contributed by atoms with Crippen LogP contribution >= 0.6 is 17.0 Å². The molecule has 68 heavy (non-hydrogen) atoms. The van der Waals surface area contributed by atoms with Gasteiger partial charge in [0.15, 0.2) is 0 Å². The van der Waals surface area contributed by atoms with Crippen molar-refractivity contribution in [3.05, 3.63) is 107 Å². The summed E-state index contributed by atoms with van der Waals surface area (Å²) >= 11 is -0.826. The monoisotopic (exact) mass is 1110 g/mol. The van der Waals surface area contributed by atoms with Crippen LogP contribution in [0.5, 0.6) is 0 Å². The SMILES string of the molecule is CCCCc1cc2c(-c3cc([Si](C)(C)C)cc([Si](C)(C)C)c3)c(C(C)(C)C)ccc2[cH-]1.CCCCc1cc2c(-c3cc([Si](C)(C)C)cc([Si](C)(C)C)c3)c(C(C)(C)C)ccc2[cH-]1.C[Si]C.[Cl][Zr+2][Cl]. The van der Waals surface area contributed by atoms with Gasteiger partial charge >= 0.3 is 37.9 Å². The number of benzene rings is 4. The van der Waals surface area contributed by atoms with Crippen LogP contribution < -0.4 is 20.7 Å². The molecule has 0 bridgehead atoms. The van der Waals surface area contributed by atoms with Gasteiger partial charge in [0.2, 0.25) is 0 Å². The molecule has 6 aromatic carbocycles. The molecule has 0 heterocycles. The van der Waals surface area contributed by atoms with Gasteiger partial charge in [-0.15, -0.1) is 69.1 Å². The number of fused-ring (bicyclic) bond motifs is 2. The van der Waals surface area contributed by atoms with Gasteiger partial charge in [0.05, 0.1) is 32.3 Å². The normalized spacial score (nSPS) is 12.5. The minimum absolute atomic E-state index is 0.110. The van der Waals surface area contributed by atoms with E-state index in [1.165, 1.54) is 105 Å². The molecule has 0 saturated carbocycles. The van der Waals surface area contributed by atoms with Crippen molar-refractivity contribution in [3.8, 4) is 22.3 Å². The molecule has 0 amide bonds. The fourth-order valence-electron chi connectivity index (χ4n) is 8.89. The van der Waals surface area contributed by atoms with Gasteiger partial charge in [0.1, 0.15) is 0 Å². The van der Waals surface area contributed by atoms with Gasteiger partial charge < -0.3 is 0 Å². The first-order valence-corrected chi connectivity index (χ1v) is 47.9. The summed E-state index contributed by atoms with van der Waals surface area (Å²) in [5.74, 6) is 0. The Hall–Kier alpha value is -1.35. The first-order valence-electron chi connectivity index (χ1n) is 25.6. The van der Waals surface area contributed by atoms with Crippen molar-refractivity contribution in [2.24, 2.45) is 0 Å². The van der Waals surface area contributed by atoms with E-state index in [4.69, 9.17) is 17.0 Å². The number of rotatable bonds is 12. The summed E-state index contributed by atoms with van der Waals surface area (Å²) in [6, 6.07) is 34.6. The maximum atomic E-state index is 4.93. The second-order valence-corrected chi connectivity index (χ2v) is 50.6. The number of halogens is 2. The van der Waals surface area contributed by atoms with Crippen LogP contribution in [0, 0.1) is 0 Å². The zero-order valence-corrected chi connectivity index (χ0v) is 56.1. The zero-order chi connectivity index (χ0) is 51.8. The molecular formula is C60H92Cl2Si5Zr. The molecule has 8 heteroatoms.